The number of nitrogens with one attached hydrogen (secondary N) is 2. The lowest BCUT2D eigenvalue weighted by Crippen LogP contribution is -2.27. The van der Waals surface area contributed by atoms with E-state index in [0.717, 1.165) is 34.4 Å². The number of thiophene rings is 1. The topological polar surface area (TPSA) is 54.0 Å². The molecule has 0 saturated carbocycles. The number of carbonyl (C=O) groups is 1. The number of nitrogens with zero attached hydrogens (tertiary/aromatic N) is 1. The van der Waals surface area contributed by atoms with Gasteiger partial charge in [-0.15, -0.1) is 22.7 Å². The van der Waals surface area contributed by atoms with Gasteiger partial charge in [-0.1, -0.05) is 0 Å². The number of halogens is 1. The first-order valence-electron chi connectivity index (χ1n) is 6.44. The van der Waals surface area contributed by atoms with Gasteiger partial charge >= 0.3 is 0 Å². The summed E-state index contributed by atoms with van der Waals surface area (Å²) in [4.78, 5) is 17.5. The molecule has 2 aromatic heterocycles. The number of rotatable bonds is 4. The summed E-state index contributed by atoms with van der Waals surface area (Å²) >= 11 is 6.54. The maximum absolute atomic E-state index is 11.9. The lowest BCUT2D eigenvalue weighted by atomic mass is 10.1. The van der Waals surface area contributed by atoms with E-state index in [1.807, 2.05) is 16.8 Å². The van der Waals surface area contributed by atoms with E-state index in [4.69, 9.17) is 0 Å². The molecule has 2 aromatic rings. The average Bonchev–Trinajstić information content (AvgIpc) is 3.10. The Balaban J connectivity index is 1.60. The zero-order chi connectivity index (χ0) is 13.9. The molecule has 106 valence electrons. The molecule has 0 aromatic carbocycles. The Morgan fingerprint density at radius 3 is 3.10 bits per heavy atom. The Kier molecular flexibility index (Phi) is 4.50. The Hall–Kier alpha value is -0.760. The van der Waals surface area contributed by atoms with Crippen molar-refractivity contribution in [1.29, 1.82) is 0 Å². The number of carbonyl (C=O) groups excluding carboxylic acids is 1. The lowest BCUT2D eigenvalue weighted by molar-refractivity contribution is -0.116. The molecule has 3 heterocycles. The maximum Gasteiger partial charge on any atom is 0.227 e. The summed E-state index contributed by atoms with van der Waals surface area (Å²) < 4.78 is 1.06. The van der Waals surface area contributed by atoms with Gasteiger partial charge in [0.25, 0.3) is 0 Å². The lowest BCUT2D eigenvalue weighted by Gasteiger charge is -2.08. The van der Waals surface area contributed by atoms with Crippen molar-refractivity contribution in [3.05, 3.63) is 21.3 Å². The molecule has 2 N–H and O–H groups in total. The smallest absolute Gasteiger partial charge is 0.227 e. The number of thiazole rings is 1. The molecule has 1 saturated heterocycles. The van der Waals surface area contributed by atoms with E-state index in [9.17, 15) is 4.79 Å². The summed E-state index contributed by atoms with van der Waals surface area (Å²) in [5, 5.41) is 10.9. The van der Waals surface area contributed by atoms with Gasteiger partial charge in [-0.05, 0) is 41.4 Å². The Morgan fingerprint density at radius 2 is 2.40 bits per heavy atom. The highest BCUT2D eigenvalue weighted by atomic mass is 79.9. The van der Waals surface area contributed by atoms with Crippen LogP contribution < -0.4 is 10.6 Å². The molecule has 1 amide bonds. The minimum atomic E-state index is 0.0395. The van der Waals surface area contributed by atoms with Gasteiger partial charge in [0.1, 0.15) is 0 Å². The summed E-state index contributed by atoms with van der Waals surface area (Å²) in [5.74, 6) is 0.0395. The van der Waals surface area contributed by atoms with Crippen LogP contribution in [0, 0.1) is 0 Å². The van der Waals surface area contributed by atoms with Gasteiger partial charge in [0.05, 0.1) is 10.6 Å². The molecule has 20 heavy (non-hydrogen) atoms. The third-order valence-corrected chi connectivity index (χ3v) is 5.64. The van der Waals surface area contributed by atoms with Gasteiger partial charge in [0.2, 0.25) is 5.91 Å². The van der Waals surface area contributed by atoms with Crippen LogP contribution in [0.25, 0.3) is 10.6 Å². The van der Waals surface area contributed by atoms with Crippen LogP contribution >= 0.6 is 38.6 Å². The Labute approximate surface area is 133 Å². The highest BCUT2D eigenvalue weighted by Gasteiger charge is 2.18. The van der Waals surface area contributed by atoms with Crippen molar-refractivity contribution in [2.45, 2.75) is 25.3 Å². The molecule has 4 nitrogen and oxygen atoms in total. The van der Waals surface area contributed by atoms with Crippen molar-refractivity contribution in [2.75, 3.05) is 11.9 Å². The molecule has 0 bridgehead atoms. The summed E-state index contributed by atoms with van der Waals surface area (Å²) in [7, 11) is 0. The normalized spacial score (nSPS) is 18.4. The fourth-order valence-corrected chi connectivity index (χ4v) is 4.41. The van der Waals surface area contributed by atoms with Crippen LogP contribution in [-0.4, -0.2) is 23.5 Å². The highest BCUT2D eigenvalue weighted by Crippen LogP contribution is 2.32. The molecule has 1 unspecified atom stereocenters. The molecule has 1 atom stereocenters. The fraction of sp³-hybridized carbons (Fsp3) is 0.385. The van der Waals surface area contributed by atoms with E-state index in [1.165, 1.54) is 11.3 Å². The van der Waals surface area contributed by atoms with Gasteiger partial charge < -0.3 is 10.6 Å². The van der Waals surface area contributed by atoms with Crippen LogP contribution in [0.4, 0.5) is 5.13 Å². The monoisotopic (exact) mass is 371 g/mol. The molecule has 1 aliphatic rings. The molecular weight excluding hydrogens is 358 g/mol. The van der Waals surface area contributed by atoms with E-state index in [-0.39, 0.29) is 5.91 Å². The van der Waals surface area contributed by atoms with Crippen LogP contribution in [0.1, 0.15) is 19.3 Å². The van der Waals surface area contributed by atoms with Crippen LogP contribution in [0.15, 0.2) is 21.3 Å². The Bertz CT molecular complexity index is 604. The van der Waals surface area contributed by atoms with Gasteiger partial charge in [0.15, 0.2) is 5.13 Å². The standard InChI is InChI=1S/C13H14BrN3OS2/c14-8-4-11(19-6-8)10-7-20-13(16-10)17-12(18)5-9-2-1-3-15-9/h4,6-7,9,15H,1-3,5H2,(H,16,17,18). The van der Waals surface area contributed by atoms with Gasteiger partial charge in [-0.3, -0.25) is 4.79 Å². The molecule has 1 fully saturated rings. The molecule has 0 spiro atoms. The number of hydrogen-bond donors (Lipinski definition) is 2. The highest BCUT2D eigenvalue weighted by molar-refractivity contribution is 9.10. The van der Waals surface area contributed by atoms with Crippen LogP contribution in [0.3, 0.4) is 0 Å². The zero-order valence-corrected chi connectivity index (χ0v) is 13.9. The number of aromatic nitrogens is 1. The van der Waals surface area contributed by atoms with Crippen molar-refractivity contribution < 1.29 is 4.79 Å². The number of anilines is 1. The number of hydrogen-bond acceptors (Lipinski definition) is 5. The minimum absolute atomic E-state index is 0.0395. The van der Waals surface area contributed by atoms with Crippen molar-refractivity contribution in [2.24, 2.45) is 0 Å². The van der Waals surface area contributed by atoms with Crippen molar-refractivity contribution in [3.8, 4) is 10.6 Å². The predicted octanol–water partition coefficient (Wildman–Crippen LogP) is 3.71. The van der Waals surface area contributed by atoms with Crippen LogP contribution in [0.5, 0.6) is 0 Å². The van der Waals surface area contributed by atoms with E-state index in [1.54, 1.807) is 11.3 Å². The minimum Gasteiger partial charge on any atom is -0.313 e. The first-order valence-corrected chi connectivity index (χ1v) is 8.99. The van der Waals surface area contributed by atoms with Crippen molar-refractivity contribution >= 4 is 49.6 Å². The van der Waals surface area contributed by atoms with E-state index in [2.05, 4.69) is 31.5 Å². The molecular formula is C13H14BrN3OS2. The summed E-state index contributed by atoms with van der Waals surface area (Å²) in [5.41, 5.74) is 0.917. The van der Waals surface area contributed by atoms with Crippen molar-refractivity contribution in [1.82, 2.24) is 10.3 Å². The van der Waals surface area contributed by atoms with Crippen molar-refractivity contribution in [3.63, 3.8) is 0 Å². The van der Waals surface area contributed by atoms with Crippen LogP contribution in [-0.2, 0) is 4.79 Å². The first-order chi connectivity index (χ1) is 9.70. The maximum atomic E-state index is 11.9. The molecule has 3 rings (SSSR count). The van der Waals surface area contributed by atoms with Gasteiger partial charge in [-0.2, -0.15) is 0 Å². The van der Waals surface area contributed by atoms with E-state index >= 15 is 0 Å². The van der Waals surface area contributed by atoms with Gasteiger partial charge in [0, 0.05) is 27.7 Å². The van der Waals surface area contributed by atoms with Gasteiger partial charge in [-0.25, -0.2) is 4.98 Å². The largest absolute Gasteiger partial charge is 0.313 e. The fourth-order valence-electron chi connectivity index (χ4n) is 2.22. The zero-order valence-electron chi connectivity index (χ0n) is 10.7. The molecule has 0 aliphatic carbocycles. The Morgan fingerprint density at radius 1 is 1.50 bits per heavy atom. The average molecular weight is 372 g/mol. The van der Waals surface area contributed by atoms with E-state index < -0.39 is 0 Å². The second-order valence-electron chi connectivity index (χ2n) is 4.71. The first kappa shape index (κ1) is 14.2. The third kappa shape index (κ3) is 3.46. The quantitative estimate of drug-likeness (QED) is 0.860. The molecule has 0 radical (unpaired) electrons. The summed E-state index contributed by atoms with van der Waals surface area (Å²) in [6.07, 6.45) is 2.77. The predicted molar refractivity (Wildman–Crippen MR) is 87.4 cm³/mol. The summed E-state index contributed by atoms with van der Waals surface area (Å²) in [6.45, 7) is 1.02. The molecule has 1 aliphatic heterocycles. The van der Waals surface area contributed by atoms with E-state index in [0.29, 0.717) is 17.6 Å². The second kappa shape index (κ2) is 6.34. The summed E-state index contributed by atoms with van der Waals surface area (Å²) in [6, 6.07) is 2.36. The third-order valence-electron chi connectivity index (χ3n) is 3.16. The molecule has 7 heteroatoms. The second-order valence-corrected chi connectivity index (χ2v) is 7.40. The SMILES string of the molecule is O=C(CC1CCCN1)Nc1nc(-c2cc(Br)cs2)cs1. The van der Waals surface area contributed by atoms with Crippen LogP contribution in [0.2, 0.25) is 0 Å². The number of amides is 1.